The van der Waals surface area contributed by atoms with Crippen molar-refractivity contribution in [2.24, 2.45) is 5.41 Å². The van der Waals surface area contributed by atoms with Crippen molar-refractivity contribution in [3.63, 3.8) is 0 Å². The van der Waals surface area contributed by atoms with E-state index in [2.05, 4.69) is 6.92 Å². The van der Waals surface area contributed by atoms with Gasteiger partial charge in [0.25, 0.3) is 0 Å². The number of ether oxygens (including phenoxy) is 3. The van der Waals surface area contributed by atoms with Crippen LogP contribution in [0.2, 0.25) is 0 Å². The molecule has 0 aliphatic carbocycles. The number of rotatable bonds is 3. The first-order chi connectivity index (χ1) is 6.72. The summed E-state index contributed by atoms with van der Waals surface area (Å²) in [5, 5.41) is 0. The van der Waals surface area contributed by atoms with E-state index in [0.717, 1.165) is 6.42 Å². The van der Waals surface area contributed by atoms with Gasteiger partial charge in [-0.15, -0.1) is 0 Å². The molecule has 0 bridgehead atoms. The second-order valence-electron chi connectivity index (χ2n) is 3.41. The first-order valence-electron chi connectivity index (χ1n) is 4.59. The van der Waals surface area contributed by atoms with Crippen molar-refractivity contribution in [3.05, 3.63) is 0 Å². The van der Waals surface area contributed by atoms with E-state index < -0.39 is 0 Å². The van der Waals surface area contributed by atoms with Gasteiger partial charge < -0.3 is 14.2 Å². The molecule has 3 nitrogen and oxygen atoms in total. The Balaban J connectivity index is 2.39. The summed E-state index contributed by atoms with van der Waals surface area (Å²) in [6.45, 7) is 4.49. The SMILES string of the molecule is CCC1(COC(=S)SC)COCOC1. The molecule has 1 fully saturated rings. The van der Waals surface area contributed by atoms with Crippen LogP contribution in [-0.4, -0.2) is 37.3 Å². The highest BCUT2D eigenvalue weighted by atomic mass is 32.2. The Morgan fingerprint density at radius 3 is 2.64 bits per heavy atom. The lowest BCUT2D eigenvalue weighted by atomic mass is 9.87. The van der Waals surface area contributed by atoms with Crippen LogP contribution < -0.4 is 0 Å². The van der Waals surface area contributed by atoms with Crippen molar-refractivity contribution in [3.8, 4) is 0 Å². The van der Waals surface area contributed by atoms with Gasteiger partial charge >= 0.3 is 0 Å². The first-order valence-corrected chi connectivity index (χ1v) is 6.22. The maximum atomic E-state index is 5.46. The molecule has 1 rings (SSSR count). The van der Waals surface area contributed by atoms with Crippen LogP contribution in [0.4, 0.5) is 0 Å². The predicted octanol–water partition coefficient (Wildman–Crippen LogP) is 2.05. The van der Waals surface area contributed by atoms with Crippen LogP contribution in [0.15, 0.2) is 0 Å². The van der Waals surface area contributed by atoms with Crippen molar-refractivity contribution < 1.29 is 14.2 Å². The monoisotopic (exact) mass is 236 g/mol. The van der Waals surface area contributed by atoms with E-state index in [1.54, 1.807) is 0 Å². The molecule has 0 radical (unpaired) electrons. The highest BCUT2D eigenvalue weighted by molar-refractivity contribution is 8.22. The molecule has 5 heteroatoms. The second kappa shape index (κ2) is 5.90. The molecule has 0 saturated carbocycles. The zero-order chi connectivity index (χ0) is 10.4. The molecule has 82 valence electrons. The summed E-state index contributed by atoms with van der Waals surface area (Å²) in [7, 11) is 0. The fraction of sp³-hybridized carbons (Fsp3) is 0.889. The molecular weight excluding hydrogens is 220 g/mol. The van der Waals surface area contributed by atoms with Crippen molar-refractivity contribution >= 4 is 28.4 Å². The van der Waals surface area contributed by atoms with Gasteiger partial charge in [-0.2, -0.15) is 0 Å². The summed E-state index contributed by atoms with van der Waals surface area (Å²) in [5.74, 6) is 0. The van der Waals surface area contributed by atoms with Gasteiger partial charge in [0.2, 0.25) is 4.38 Å². The van der Waals surface area contributed by atoms with Crippen molar-refractivity contribution in [1.82, 2.24) is 0 Å². The average molecular weight is 236 g/mol. The van der Waals surface area contributed by atoms with Crippen LogP contribution in [0.25, 0.3) is 0 Å². The molecule has 14 heavy (non-hydrogen) atoms. The highest BCUT2D eigenvalue weighted by Crippen LogP contribution is 2.27. The van der Waals surface area contributed by atoms with E-state index in [-0.39, 0.29) is 5.41 Å². The number of hydrogen-bond acceptors (Lipinski definition) is 5. The molecule has 0 aromatic rings. The second-order valence-corrected chi connectivity index (χ2v) is 4.82. The average Bonchev–Trinajstić information content (AvgIpc) is 2.27. The molecule has 0 aromatic heterocycles. The summed E-state index contributed by atoms with van der Waals surface area (Å²) in [5.41, 5.74) is -0.0158. The van der Waals surface area contributed by atoms with Crippen molar-refractivity contribution in [2.45, 2.75) is 13.3 Å². The molecule has 0 atom stereocenters. The van der Waals surface area contributed by atoms with Gasteiger partial charge in [-0.1, -0.05) is 18.7 Å². The first kappa shape index (κ1) is 12.2. The molecule has 1 aliphatic rings. The van der Waals surface area contributed by atoms with Gasteiger partial charge in [0, 0.05) is 0 Å². The van der Waals surface area contributed by atoms with E-state index in [1.165, 1.54) is 11.8 Å². The zero-order valence-corrected chi connectivity index (χ0v) is 10.2. The van der Waals surface area contributed by atoms with Gasteiger partial charge in [-0.25, -0.2) is 0 Å². The smallest absolute Gasteiger partial charge is 0.219 e. The van der Waals surface area contributed by atoms with Gasteiger partial charge in [0.05, 0.1) is 25.2 Å². The summed E-state index contributed by atoms with van der Waals surface area (Å²) >= 11 is 6.43. The van der Waals surface area contributed by atoms with Crippen LogP contribution in [0.5, 0.6) is 0 Å². The van der Waals surface area contributed by atoms with Crippen LogP contribution in [0.3, 0.4) is 0 Å². The summed E-state index contributed by atoms with van der Waals surface area (Å²) in [4.78, 5) is 0. The molecule has 1 saturated heterocycles. The minimum atomic E-state index is -0.0158. The fourth-order valence-electron chi connectivity index (χ4n) is 1.28. The summed E-state index contributed by atoms with van der Waals surface area (Å²) in [6, 6.07) is 0. The Kier molecular flexibility index (Phi) is 5.15. The molecule has 0 unspecified atom stereocenters. The summed E-state index contributed by atoms with van der Waals surface area (Å²) < 4.78 is 16.6. The molecule has 0 aromatic carbocycles. The lowest BCUT2D eigenvalue weighted by molar-refractivity contribution is -0.174. The van der Waals surface area contributed by atoms with E-state index in [9.17, 15) is 0 Å². The molecule has 0 spiro atoms. The number of thiocarbonyl (C=S) groups is 1. The van der Waals surface area contributed by atoms with Gasteiger partial charge in [-0.05, 0) is 24.9 Å². The van der Waals surface area contributed by atoms with Gasteiger partial charge in [0.15, 0.2) is 0 Å². The van der Waals surface area contributed by atoms with E-state index >= 15 is 0 Å². The van der Waals surface area contributed by atoms with E-state index in [0.29, 0.717) is 31.0 Å². The normalized spacial score (nSPS) is 20.4. The maximum Gasteiger partial charge on any atom is 0.219 e. The zero-order valence-electron chi connectivity index (χ0n) is 8.58. The molecule has 0 N–H and O–H groups in total. The molecular formula is C9H16O3S2. The van der Waals surface area contributed by atoms with Crippen molar-refractivity contribution in [1.29, 1.82) is 0 Å². The standard InChI is InChI=1S/C9H16O3S2/c1-3-9(4-10-7-11-5-9)6-12-8(13)14-2/h3-7H2,1-2H3. The topological polar surface area (TPSA) is 27.7 Å². The molecule has 0 amide bonds. The number of hydrogen-bond donors (Lipinski definition) is 0. The van der Waals surface area contributed by atoms with Crippen LogP contribution in [-0.2, 0) is 14.2 Å². The Bertz CT molecular complexity index is 190. The largest absolute Gasteiger partial charge is 0.478 e. The third-order valence-corrected chi connectivity index (χ3v) is 3.47. The van der Waals surface area contributed by atoms with E-state index in [1.807, 2.05) is 6.26 Å². The lowest BCUT2D eigenvalue weighted by Crippen LogP contribution is -2.41. The minimum Gasteiger partial charge on any atom is -0.478 e. The Labute approximate surface area is 94.5 Å². The fourth-order valence-corrected chi connectivity index (χ4v) is 1.51. The Hall–Kier alpha value is 0.160. The van der Waals surface area contributed by atoms with Crippen molar-refractivity contribution in [2.75, 3.05) is 32.9 Å². The third kappa shape index (κ3) is 3.38. The number of thioether (sulfide) groups is 1. The van der Waals surface area contributed by atoms with Crippen LogP contribution in [0, 0.1) is 5.41 Å². The maximum absolute atomic E-state index is 5.46. The van der Waals surface area contributed by atoms with E-state index in [4.69, 9.17) is 26.4 Å². The molecule has 1 heterocycles. The minimum absolute atomic E-state index is 0.0158. The van der Waals surface area contributed by atoms with Gasteiger partial charge in [0.1, 0.15) is 6.79 Å². The van der Waals surface area contributed by atoms with Gasteiger partial charge in [-0.3, -0.25) is 0 Å². The summed E-state index contributed by atoms with van der Waals surface area (Å²) in [6.07, 6.45) is 2.89. The molecule has 1 aliphatic heterocycles. The van der Waals surface area contributed by atoms with Crippen LogP contribution in [0.1, 0.15) is 13.3 Å². The highest BCUT2D eigenvalue weighted by Gasteiger charge is 2.33. The third-order valence-electron chi connectivity index (χ3n) is 2.40. The lowest BCUT2D eigenvalue weighted by Gasteiger charge is -2.35. The Morgan fingerprint density at radius 2 is 2.14 bits per heavy atom. The van der Waals surface area contributed by atoms with Crippen LogP contribution >= 0.6 is 24.0 Å². The Morgan fingerprint density at radius 1 is 1.50 bits per heavy atom. The quantitative estimate of drug-likeness (QED) is 0.699. The predicted molar refractivity (Wildman–Crippen MR) is 61.6 cm³/mol.